The molecule has 0 spiro atoms. The summed E-state index contributed by atoms with van der Waals surface area (Å²) in [6.07, 6.45) is -9.27. The van der Waals surface area contributed by atoms with Crippen molar-refractivity contribution in [1.29, 1.82) is 0 Å². The molecule has 3 nitrogen and oxygen atoms in total. The lowest BCUT2D eigenvalue weighted by molar-refractivity contribution is -0.239. The highest BCUT2D eigenvalue weighted by molar-refractivity contribution is 5.33. The van der Waals surface area contributed by atoms with Crippen molar-refractivity contribution < 1.29 is 35.8 Å². The molecule has 0 aromatic heterocycles. The summed E-state index contributed by atoms with van der Waals surface area (Å²) in [4.78, 5) is 2.05. The number of hydrogen-bond acceptors (Lipinski definition) is 3. The van der Waals surface area contributed by atoms with Gasteiger partial charge in [0, 0.05) is 13.1 Å². The summed E-state index contributed by atoms with van der Waals surface area (Å²) in [6.45, 7) is 6.17. The van der Waals surface area contributed by atoms with Crippen LogP contribution >= 0.6 is 0 Å². The Morgan fingerprint density at radius 3 is 2.16 bits per heavy atom. The van der Waals surface area contributed by atoms with E-state index >= 15 is 0 Å². The van der Waals surface area contributed by atoms with Crippen LogP contribution in [0.2, 0.25) is 0 Å². The minimum absolute atomic E-state index is 0.0985. The molecule has 32 heavy (non-hydrogen) atoms. The van der Waals surface area contributed by atoms with Crippen molar-refractivity contribution >= 4 is 0 Å². The standard InChI is InChI=1S/C23H23F6NO2/c1-3-9-30-13-15(2)32-21(20(30)17-7-5-4-6-8-17)31-14-16-10-18(22(24,25)26)12-19(11-16)23(27,28)29/h3-8,10-12,15,20-21H,1,9,13-14H2,2H3/t15-,20-,21+/m1/s1. The Hall–Kier alpha value is -2.36. The van der Waals surface area contributed by atoms with Gasteiger partial charge >= 0.3 is 12.4 Å². The molecule has 0 N–H and O–H groups in total. The average Bonchev–Trinajstić information content (AvgIpc) is 2.71. The maximum absolute atomic E-state index is 13.2. The lowest BCUT2D eigenvalue weighted by Crippen LogP contribution is -2.49. The second-order valence-corrected chi connectivity index (χ2v) is 7.64. The minimum Gasteiger partial charge on any atom is -0.346 e. The fraction of sp³-hybridized carbons (Fsp3) is 0.391. The Labute approximate surface area is 182 Å². The van der Waals surface area contributed by atoms with Crippen LogP contribution in [0.4, 0.5) is 26.3 Å². The summed E-state index contributed by atoms with van der Waals surface area (Å²) < 4.78 is 90.6. The number of halogens is 6. The van der Waals surface area contributed by atoms with Crippen LogP contribution in [-0.4, -0.2) is 30.4 Å². The predicted molar refractivity (Wildman–Crippen MR) is 107 cm³/mol. The molecule has 0 bridgehead atoms. The SMILES string of the molecule is C=CCN1C[C@@H](C)O[C@H](OCc2cc(C(F)(F)F)cc(C(F)(F)F)c2)[C@H]1c1ccccc1. The Bertz CT molecular complexity index is 881. The van der Waals surface area contributed by atoms with E-state index in [2.05, 4.69) is 11.5 Å². The molecule has 9 heteroatoms. The predicted octanol–water partition coefficient (Wildman–Crippen LogP) is 6.21. The first-order chi connectivity index (χ1) is 15.0. The first kappa shape index (κ1) is 24.3. The largest absolute Gasteiger partial charge is 0.416 e. The number of nitrogens with zero attached hydrogens (tertiary/aromatic N) is 1. The van der Waals surface area contributed by atoms with Gasteiger partial charge in [-0.1, -0.05) is 36.4 Å². The zero-order chi connectivity index (χ0) is 23.5. The molecule has 3 rings (SSSR count). The Kier molecular flexibility index (Phi) is 7.32. The molecule has 2 aromatic carbocycles. The van der Waals surface area contributed by atoms with E-state index in [4.69, 9.17) is 9.47 Å². The molecule has 174 valence electrons. The number of ether oxygens (including phenoxy) is 2. The highest BCUT2D eigenvalue weighted by Gasteiger charge is 2.39. The van der Waals surface area contributed by atoms with E-state index in [-0.39, 0.29) is 17.7 Å². The second-order valence-electron chi connectivity index (χ2n) is 7.64. The summed E-state index contributed by atoms with van der Waals surface area (Å²) in [6, 6.07) is 10.3. The van der Waals surface area contributed by atoms with Crippen LogP contribution in [0.5, 0.6) is 0 Å². The lowest BCUT2D eigenvalue weighted by Gasteiger charge is -2.43. The van der Waals surface area contributed by atoms with Gasteiger partial charge in [-0.25, -0.2) is 0 Å². The van der Waals surface area contributed by atoms with Gasteiger partial charge in [-0.05, 0) is 36.2 Å². The fourth-order valence-electron chi connectivity index (χ4n) is 3.75. The molecular weight excluding hydrogens is 436 g/mol. The average molecular weight is 459 g/mol. The molecule has 1 aliphatic rings. The minimum atomic E-state index is -4.92. The van der Waals surface area contributed by atoms with Gasteiger partial charge in [0.15, 0.2) is 6.29 Å². The van der Waals surface area contributed by atoms with Crippen LogP contribution < -0.4 is 0 Å². The van der Waals surface area contributed by atoms with E-state index in [0.717, 1.165) is 5.56 Å². The molecule has 0 amide bonds. The van der Waals surface area contributed by atoms with Crippen LogP contribution in [0, 0.1) is 0 Å². The number of morpholine rings is 1. The van der Waals surface area contributed by atoms with E-state index < -0.39 is 42.4 Å². The number of hydrogen-bond donors (Lipinski definition) is 0. The monoisotopic (exact) mass is 459 g/mol. The third-order valence-electron chi connectivity index (χ3n) is 5.08. The van der Waals surface area contributed by atoms with E-state index in [0.29, 0.717) is 25.2 Å². The van der Waals surface area contributed by atoms with Crippen molar-refractivity contribution in [3.63, 3.8) is 0 Å². The maximum atomic E-state index is 13.2. The zero-order valence-corrected chi connectivity index (χ0v) is 17.3. The zero-order valence-electron chi connectivity index (χ0n) is 17.3. The van der Waals surface area contributed by atoms with Crippen LogP contribution in [0.3, 0.4) is 0 Å². The Morgan fingerprint density at radius 2 is 1.62 bits per heavy atom. The smallest absolute Gasteiger partial charge is 0.346 e. The van der Waals surface area contributed by atoms with E-state index in [1.54, 1.807) is 6.08 Å². The Morgan fingerprint density at radius 1 is 1.03 bits per heavy atom. The van der Waals surface area contributed by atoms with Crippen LogP contribution in [0.1, 0.15) is 35.2 Å². The molecule has 0 saturated carbocycles. The molecule has 1 saturated heterocycles. The molecule has 1 aliphatic heterocycles. The molecule has 0 radical (unpaired) electrons. The molecule has 2 aromatic rings. The van der Waals surface area contributed by atoms with Crippen molar-refractivity contribution in [1.82, 2.24) is 4.90 Å². The summed E-state index contributed by atoms with van der Waals surface area (Å²) in [5, 5.41) is 0. The molecule has 3 atom stereocenters. The third kappa shape index (κ3) is 5.90. The first-order valence-electron chi connectivity index (χ1n) is 9.94. The molecule has 0 aliphatic carbocycles. The van der Waals surface area contributed by atoms with Crippen LogP contribution in [0.15, 0.2) is 61.2 Å². The molecule has 1 heterocycles. The normalized spacial score (nSPS) is 22.7. The van der Waals surface area contributed by atoms with Crippen molar-refractivity contribution in [2.45, 2.75) is 44.3 Å². The van der Waals surface area contributed by atoms with E-state index in [9.17, 15) is 26.3 Å². The highest BCUT2D eigenvalue weighted by atomic mass is 19.4. The van der Waals surface area contributed by atoms with Gasteiger partial charge < -0.3 is 9.47 Å². The van der Waals surface area contributed by atoms with E-state index in [1.165, 1.54) is 0 Å². The van der Waals surface area contributed by atoms with Gasteiger partial charge in [0.25, 0.3) is 0 Å². The van der Waals surface area contributed by atoms with Gasteiger partial charge in [-0.2, -0.15) is 26.3 Å². The molecule has 1 fully saturated rings. The van der Waals surface area contributed by atoms with Crippen LogP contribution in [-0.2, 0) is 28.4 Å². The van der Waals surface area contributed by atoms with Gasteiger partial charge in [-0.15, -0.1) is 6.58 Å². The van der Waals surface area contributed by atoms with Gasteiger partial charge in [0.1, 0.15) is 0 Å². The summed E-state index contributed by atoms with van der Waals surface area (Å²) in [5.41, 5.74) is -2.14. The summed E-state index contributed by atoms with van der Waals surface area (Å²) >= 11 is 0. The van der Waals surface area contributed by atoms with Crippen molar-refractivity contribution in [2.75, 3.05) is 13.1 Å². The quantitative estimate of drug-likeness (QED) is 0.379. The Balaban J connectivity index is 1.90. The van der Waals surface area contributed by atoms with Gasteiger partial charge in [-0.3, -0.25) is 4.90 Å². The maximum Gasteiger partial charge on any atom is 0.416 e. The van der Waals surface area contributed by atoms with Crippen molar-refractivity contribution in [3.8, 4) is 0 Å². The van der Waals surface area contributed by atoms with Crippen molar-refractivity contribution in [2.24, 2.45) is 0 Å². The molecular formula is C23H23F6NO2. The summed E-state index contributed by atoms with van der Waals surface area (Å²) in [7, 11) is 0. The van der Waals surface area contributed by atoms with Gasteiger partial charge in [0.2, 0.25) is 0 Å². The van der Waals surface area contributed by atoms with Crippen LogP contribution in [0.25, 0.3) is 0 Å². The highest BCUT2D eigenvalue weighted by Crippen LogP contribution is 2.37. The number of benzene rings is 2. The topological polar surface area (TPSA) is 21.7 Å². The lowest BCUT2D eigenvalue weighted by atomic mass is 10.0. The van der Waals surface area contributed by atoms with Crippen molar-refractivity contribution in [3.05, 3.63) is 83.4 Å². The first-order valence-corrected chi connectivity index (χ1v) is 9.94. The second kappa shape index (κ2) is 9.64. The number of rotatable bonds is 6. The third-order valence-corrected chi connectivity index (χ3v) is 5.08. The summed E-state index contributed by atoms with van der Waals surface area (Å²) in [5.74, 6) is 0. The number of alkyl halides is 6. The van der Waals surface area contributed by atoms with E-state index in [1.807, 2.05) is 37.3 Å². The van der Waals surface area contributed by atoms with Gasteiger partial charge in [0.05, 0.1) is 29.9 Å². The molecule has 0 unspecified atom stereocenters. The fourth-order valence-corrected chi connectivity index (χ4v) is 3.75.